The molecule has 0 radical (unpaired) electrons. The summed E-state index contributed by atoms with van der Waals surface area (Å²) >= 11 is 0. The molecule has 1 atom stereocenters. The molecule has 3 aromatic heterocycles. The van der Waals surface area contributed by atoms with Crippen LogP contribution in [0.25, 0.3) is 55.5 Å². The van der Waals surface area contributed by atoms with E-state index in [2.05, 4.69) is 194 Å². The van der Waals surface area contributed by atoms with Crippen LogP contribution in [0.1, 0.15) is 72.6 Å². The average molecular weight is 982 g/mol. The van der Waals surface area contributed by atoms with Crippen LogP contribution in [0.5, 0.6) is 11.5 Å². The second-order valence-electron chi connectivity index (χ2n) is 17.4. The monoisotopic (exact) mass is 981 g/mol. The van der Waals surface area contributed by atoms with E-state index in [1.807, 2.05) is 30.5 Å². The molecule has 2 aliphatic rings. The van der Waals surface area contributed by atoms with Crippen LogP contribution < -0.4 is 9.30 Å². The molecule has 12 rings (SSSR count). The molecular formula is C56H42N4OPt-2. The number of nitrogens with zero attached hydrogens (tertiary/aromatic N) is 4. The van der Waals surface area contributed by atoms with Crippen molar-refractivity contribution in [2.24, 2.45) is 7.05 Å². The summed E-state index contributed by atoms with van der Waals surface area (Å²) in [6, 6.07) is 62.2. The zero-order valence-corrected chi connectivity index (χ0v) is 37.4. The van der Waals surface area contributed by atoms with Crippen molar-refractivity contribution in [3.05, 3.63) is 215 Å². The van der Waals surface area contributed by atoms with Gasteiger partial charge in [0.05, 0.1) is 18.1 Å². The van der Waals surface area contributed by atoms with E-state index in [0.717, 1.165) is 49.9 Å². The van der Waals surface area contributed by atoms with E-state index in [1.165, 1.54) is 44.5 Å². The number of imidazole rings is 1. The third-order valence-corrected chi connectivity index (χ3v) is 13.4. The first-order valence-corrected chi connectivity index (χ1v) is 21.1. The van der Waals surface area contributed by atoms with Gasteiger partial charge in [0.15, 0.2) is 0 Å². The molecule has 10 aromatic rings. The van der Waals surface area contributed by atoms with Gasteiger partial charge in [-0.2, -0.15) is 12.1 Å². The fourth-order valence-electron chi connectivity index (χ4n) is 10.7. The van der Waals surface area contributed by atoms with Gasteiger partial charge < -0.3 is 18.4 Å². The minimum Gasteiger partial charge on any atom is -0.510 e. The van der Waals surface area contributed by atoms with Crippen LogP contribution in [0.2, 0.25) is 0 Å². The Hall–Kier alpha value is -6.55. The predicted octanol–water partition coefficient (Wildman–Crippen LogP) is 12.3. The molecule has 1 unspecified atom stereocenters. The van der Waals surface area contributed by atoms with Crippen LogP contribution in [-0.2, 0) is 38.9 Å². The minimum atomic E-state index is -0.681. The number of aryl methyl sites for hydroxylation is 1. The summed E-state index contributed by atoms with van der Waals surface area (Å²) in [7, 11) is 2.09. The quantitative estimate of drug-likeness (QED) is 0.127. The normalized spacial score (nSPS) is 15.7. The molecule has 7 aromatic carbocycles. The topological polar surface area (TPSA) is 35.9 Å². The van der Waals surface area contributed by atoms with Crippen LogP contribution in [0.4, 0.5) is 0 Å². The van der Waals surface area contributed by atoms with Crippen molar-refractivity contribution in [1.29, 1.82) is 0 Å². The molecule has 0 saturated carbocycles. The Morgan fingerprint density at radius 3 is 2.21 bits per heavy atom. The van der Waals surface area contributed by atoms with Crippen molar-refractivity contribution in [3.8, 4) is 34.1 Å². The third kappa shape index (κ3) is 5.24. The van der Waals surface area contributed by atoms with Gasteiger partial charge >= 0.3 is 0 Å². The molecule has 0 fully saturated rings. The first kappa shape index (κ1) is 38.4. The Bertz CT molecular complexity index is 3420. The van der Waals surface area contributed by atoms with Gasteiger partial charge in [-0.15, -0.1) is 35.2 Å². The maximum atomic E-state index is 6.84. The summed E-state index contributed by atoms with van der Waals surface area (Å²) in [4.78, 5) is 4.73. The average Bonchev–Trinajstić information content (AvgIpc) is 3.81. The number of benzene rings is 7. The molecule has 0 bridgehead atoms. The number of pyridine rings is 1. The van der Waals surface area contributed by atoms with E-state index in [4.69, 9.17) is 9.72 Å². The van der Waals surface area contributed by atoms with E-state index in [0.29, 0.717) is 11.5 Å². The minimum absolute atomic E-state index is 0. The molecule has 0 N–H and O–H groups in total. The van der Waals surface area contributed by atoms with Crippen molar-refractivity contribution < 1.29 is 30.4 Å². The van der Waals surface area contributed by atoms with Crippen LogP contribution >= 0.6 is 0 Å². The summed E-state index contributed by atoms with van der Waals surface area (Å²) in [6.07, 6.45) is 5.52. The number of aromatic nitrogens is 4. The number of fused-ring (bicyclic) bond motifs is 11. The first-order chi connectivity index (χ1) is 29.7. The summed E-state index contributed by atoms with van der Waals surface area (Å²) in [5.41, 5.74) is 15.7. The van der Waals surface area contributed by atoms with Gasteiger partial charge in [0, 0.05) is 55.1 Å². The maximum Gasteiger partial charge on any atom is 0.242 e. The van der Waals surface area contributed by atoms with Gasteiger partial charge in [0.25, 0.3) is 0 Å². The Kier molecular flexibility index (Phi) is 8.66. The molecule has 4 heterocycles. The van der Waals surface area contributed by atoms with Crippen molar-refractivity contribution in [1.82, 2.24) is 14.1 Å². The zero-order chi connectivity index (χ0) is 41.2. The fourth-order valence-corrected chi connectivity index (χ4v) is 10.7. The van der Waals surface area contributed by atoms with Gasteiger partial charge in [-0.1, -0.05) is 148 Å². The van der Waals surface area contributed by atoms with Crippen molar-refractivity contribution in [2.75, 3.05) is 0 Å². The number of ether oxygens (including phenoxy) is 1. The standard InChI is InChI=1S/C56H42N4O.Pt/c1-35(2)40-18-13-19-45-53(40)56(47-31-37(36-15-7-6-8-16-36)24-28-43(47)55(45,3)4)44-29-26-39(33-51(44)59-34-58(5)49-22-14-20-46(56)54(49)59)61-38-25-27-42-41-17-9-10-21-48(41)60(50(42)32-38)52-23-11-12-30-57-52;/h6-31,35H,1-5H3;/q-2;. The molecule has 1 aliphatic carbocycles. The molecule has 304 valence electrons. The summed E-state index contributed by atoms with van der Waals surface area (Å²) in [5, 5.41) is 2.23. The number of rotatable bonds is 5. The molecule has 1 aliphatic heterocycles. The van der Waals surface area contributed by atoms with Gasteiger partial charge in [-0.3, -0.25) is 0 Å². The van der Waals surface area contributed by atoms with E-state index in [-0.39, 0.29) is 32.4 Å². The Morgan fingerprint density at radius 2 is 1.39 bits per heavy atom. The molecule has 62 heavy (non-hydrogen) atoms. The van der Waals surface area contributed by atoms with Gasteiger partial charge in [-0.05, 0) is 74.0 Å². The summed E-state index contributed by atoms with van der Waals surface area (Å²) in [5.74, 6) is 2.32. The summed E-state index contributed by atoms with van der Waals surface area (Å²) < 4.78 is 13.3. The Morgan fingerprint density at radius 1 is 0.645 bits per heavy atom. The summed E-state index contributed by atoms with van der Waals surface area (Å²) in [6.45, 7) is 9.45. The smallest absolute Gasteiger partial charge is 0.242 e. The second-order valence-corrected chi connectivity index (χ2v) is 17.4. The number of hydrogen-bond acceptors (Lipinski definition) is 2. The van der Waals surface area contributed by atoms with Crippen LogP contribution in [0, 0.1) is 18.5 Å². The molecule has 6 heteroatoms. The first-order valence-electron chi connectivity index (χ1n) is 21.1. The van der Waals surface area contributed by atoms with Crippen LogP contribution in [0.3, 0.4) is 0 Å². The van der Waals surface area contributed by atoms with Crippen molar-refractivity contribution in [3.63, 3.8) is 0 Å². The largest absolute Gasteiger partial charge is 0.510 e. The van der Waals surface area contributed by atoms with Crippen LogP contribution in [-0.4, -0.2) is 14.1 Å². The van der Waals surface area contributed by atoms with Crippen molar-refractivity contribution >= 4 is 32.8 Å². The zero-order valence-electron chi connectivity index (χ0n) is 35.1. The SMILES string of the molecule is CC(C)c1cccc2c1C1(c3ccc(Oc4[c-]c5c(cc4)c4ccccc4n5-c4ccccn4)[c-]c3-n3[c-][n+](C)c4cccc1c43)c1cc(-c3ccccc3)ccc1C2(C)C.[Pt]. The van der Waals surface area contributed by atoms with Crippen LogP contribution in [0.15, 0.2) is 158 Å². The molecule has 1 spiro atoms. The van der Waals surface area contributed by atoms with E-state index in [9.17, 15) is 0 Å². The Labute approximate surface area is 376 Å². The third-order valence-electron chi connectivity index (χ3n) is 13.4. The molecular weight excluding hydrogens is 940 g/mol. The maximum absolute atomic E-state index is 6.84. The van der Waals surface area contributed by atoms with Gasteiger partial charge in [0.2, 0.25) is 6.33 Å². The fraction of sp³-hybridized carbons (Fsp3) is 0.143. The van der Waals surface area contributed by atoms with Gasteiger partial charge in [0.1, 0.15) is 5.82 Å². The molecule has 5 nitrogen and oxygen atoms in total. The van der Waals surface area contributed by atoms with E-state index < -0.39 is 5.41 Å². The number of para-hydroxylation sites is 2. The Balaban J connectivity index is 0.00000432. The van der Waals surface area contributed by atoms with E-state index >= 15 is 0 Å². The second kappa shape index (κ2) is 14.0. The van der Waals surface area contributed by atoms with Gasteiger partial charge in [-0.25, -0.2) is 4.98 Å². The molecule has 0 saturated heterocycles. The van der Waals surface area contributed by atoms with E-state index in [1.54, 1.807) is 0 Å². The van der Waals surface area contributed by atoms with Crippen molar-refractivity contribution in [2.45, 2.75) is 44.4 Å². The molecule has 0 amide bonds. The number of hydrogen-bond donors (Lipinski definition) is 0. The predicted molar refractivity (Wildman–Crippen MR) is 243 cm³/mol.